The summed E-state index contributed by atoms with van der Waals surface area (Å²) in [7, 11) is 1.97. The van der Waals surface area contributed by atoms with E-state index in [2.05, 4.69) is 40.7 Å². The minimum absolute atomic E-state index is 0.862. The molecule has 2 rings (SSSR count). The average Bonchev–Trinajstić information content (AvgIpc) is 2.67. The molecular formula is C13H19N3. The summed E-state index contributed by atoms with van der Waals surface area (Å²) < 4.78 is 2.29. The van der Waals surface area contributed by atoms with Crippen molar-refractivity contribution >= 4 is 5.65 Å². The molecule has 1 N–H and O–H groups in total. The van der Waals surface area contributed by atoms with Gasteiger partial charge in [-0.1, -0.05) is 19.4 Å². The highest BCUT2D eigenvalue weighted by Gasteiger charge is 2.08. The van der Waals surface area contributed by atoms with Gasteiger partial charge in [-0.15, -0.1) is 0 Å². The minimum atomic E-state index is 0.862. The second-order valence-electron chi connectivity index (χ2n) is 4.19. The van der Waals surface area contributed by atoms with Gasteiger partial charge in [0.05, 0.1) is 11.9 Å². The second-order valence-corrected chi connectivity index (χ2v) is 4.19. The Bertz CT molecular complexity index is 485. The maximum atomic E-state index is 4.44. The van der Waals surface area contributed by atoms with Crippen molar-refractivity contribution < 1.29 is 0 Å². The standard InChI is InChI=1S/C13H19N3/c1-4-5-12-10(2)6-7-13-15-9-11(8-14-3)16(12)13/h6-7,9,14H,4-5,8H2,1-3H3. The van der Waals surface area contributed by atoms with Gasteiger partial charge in [0.15, 0.2) is 0 Å². The van der Waals surface area contributed by atoms with Crippen LogP contribution in [-0.2, 0) is 13.0 Å². The van der Waals surface area contributed by atoms with Crippen molar-refractivity contribution in [3.63, 3.8) is 0 Å². The van der Waals surface area contributed by atoms with E-state index in [1.165, 1.54) is 17.0 Å². The summed E-state index contributed by atoms with van der Waals surface area (Å²) >= 11 is 0. The lowest BCUT2D eigenvalue weighted by atomic mass is 10.1. The third-order valence-electron chi connectivity index (χ3n) is 2.91. The summed E-state index contributed by atoms with van der Waals surface area (Å²) in [4.78, 5) is 4.44. The first-order valence-corrected chi connectivity index (χ1v) is 5.87. The van der Waals surface area contributed by atoms with Crippen molar-refractivity contribution in [2.24, 2.45) is 0 Å². The Hall–Kier alpha value is -1.35. The molecule has 0 unspecified atom stereocenters. The first kappa shape index (κ1) is 11.1. The molecule has 0 aliphatic heterocycles. The quantitative estimate of drug-likeness (QED) is 0.851. The van der Waals surface area contributed by atoms with Crippen LogP contribution >= 0.6 is 0 Å². The van der Waals surface area contributed by atoms with E-state index in [0.29, 0.717) is 0 Å². The lowest BCUT2D eigenvalue weighted by Crippen LogP contribution is -2.10. The Balaban J connectivity index is 2.62. The zero-order valence-electron chi connectivity index (χ0n) is 10.2. The summed E-state index contributed by atoms with van der Waals surface area (Å²) in [5.74, 6) is 0. The van der Waals surface area contributed by atoms with Crippen LogP contribution in [-0.4, -0.2) is 16.4 Å². The van der Waals surface area contributed by atoms with Gasteiger partial charge in [-0.2, -0.15) is 0 Å². The molecular weight excluding hydrogens is 198 g/mol. The van der Waals surface area contributed by atoms with E-state index < -0.39 is 0 Å². The molecule has 2 heterocycles. The molecule has 3 nitrogen and oxygen atoms in total. The van der Waals surface area contributed by atoms with Gasteiger partial charge in [0.25, 0.3) is 0 Å². The van der Waals surface area contributed by atoms with Crippen LogP contribution in [0.15, 0.2) is 18.3 Å². The van der Waals surface area contributed by atoms with Crippen LogP contribution in [0, 0.1) is 6.92 Å². The topological polar surface area (TPSA) is 29.3 Å². The zero-order chi connectivity index (χ0) is 11.5. The molecule has 16 heavy (non-hydrogen) atoms. The number of aromatic nitrogens is 2. The molecule has 0 aliphatic rings. The van der Waals surface area contributed by atoms with Gasteiger partial charge >= 0.3 is 0 Å². The molecule has 0 aliphatic carbocycles. The molecule has 0 amide bonds. The van der Waals surface area contributed by atoms with E-state index in [1.807, 2.05) is 13.2 Å². The van der Waals surface area contributed by atoms with Crippen LogP contribution in [0.1, 0.15) is 30.3 Å². The molecule has 0 bridgehead atoms. The molecule has 0 saturated heterocycles. The van der Waals surface area contributed by atoms with Gasteiger partial charge in [0.2, 0.25) is 0 Å². The first-order valence-electron chi connectivity index (χ1n) is 5.87. The minimum Gasteiger partial charge on any atom is -0.314 e. The highest BCUT2D eigenvalue weighted by Crippen LogP contribution is 2.16. The number of rotatable bonds is 4. The molecule has 0 atom stereocenters. The fourth-order valence-corrected chi connectivity index (χ4v) is 2.16. The zero-order valence-corrected chi connectivity index (χ0v) is 10.2. The number of imidazole rings is 1. The Morgan fingerprint density at radius 2 is 2.19 bits per heavy atom. The van der Waals surface area contributed by atoms with Gasteiger partial charge in [0.1, 0.15) is 5.65 Å². The summed E-state index contributed by atoms with van der Waals surface area (Å²) in [5.41, 5.74) is 5.04. The van der Waals surface area contributed by atoms with E-state index in [-0.39, 0.29) is 0 Å². The van der Waals surface area contributed by atoms with E-state index in [4.69, 9.17) is 0 Å². The van der Waals surface area contributed by atoms with Crippen molar-refractivity contribution in [1.29, 1.82) is 0 Å². The number of nitrogens with one attached hydrogen (secondary N) is 1. The Morgan fingerprint density at radius 3 is 2.88 bits per heavy atom. The van der Waals surface area contributed by atoms with Crippen LogP contribution in [0.3, 0.4) is 0 Å². The maximum absolute atomic E-state index is 4.44. The fraction of sp³-hybridized carbons (Fsp3) is 0.462. The van der Waals surface area contributed by atoms with Crippen LogP contribution in [0.5, 0.6) is 0 Å². The number of pyridine rings is 1. The van der Waals surface area contributed by atoms with Crippen LogP contribution in [0.2, 0.25) is 0 Å². The third-order valence-corrected chi connectivity index (χ3v) is 2.91. The lowest BCUT2D eigenvalue weighted by Gasteiger charge is -2.11. The lowest BCUT2D eigenvalue weighted by molar-refractivity contribution is 0.756. The van der Waals surface area contributed by atoms with Gasteiger partial charge in [-0.25, -0.2) is 4.98 Å². The van der Waals surface area contributed by atoms with Crippen molar-refractivity contribution in [2.75, 3.05) is 7.05 Å². The summed E-state index contributed by atoms with van der Waals surface area (Å²) in [5, 5.41) is 3.19. The molecule has 0 spiro atoms. The monoisotopic (exact) mass is 217 g/mol. The molecule has 0 saturated carbocycles. The van der Waals surface area contributed by atoms with Gasteiger partial charge in [-0.05, 0) is 32.0 Å². The van der Waals surface area contributed by atoms with Crippen molar-refractivity contribution in [1.82, 2.24) is 14.7 Å². The van der Waals surface area contributed by atoms with Crippen molar-refractivity contribution in [3.05, 3.63) is 35.3 Å². The van der Waals surface area contributed by atoms with E-state index >= 15 is 0 Å². The average molecular weight is 217 g/mol. The van der Waals surface area contributed by atoms with Gasteiger partial charge < -0.3 is 5.32 Å². The Labute approximate surface area is 96.5 Å². The highest BCUT2D eigenvalue weighted by molar-refractivity contribution is 5.45. The smallest absolute Gasteiger partial charge is 0.137 e. The number of hydrogen-bond donors (Lipinski definition) is 1. The SMILES string of the molecule is CCCc1c(C)ccc2ncc(CNC)n12. The predicted octanol–water partition coefficient (Wildman–Crippen LogP) is 2.31. The summed E-state index contributed by atoms with van der Waals surface area (Å²) in [6.45, 7) is 5.25. The van der Waals surface area contributed by atoms with Crippen LogP contribution in [0.4, 0.5) is 0 Å². The number of fused-ring (bicyclic) bond motifs is 1. The van der Waals surface area contributed by atoms with E-state index in [9.17, 15) is 0 Å². The highest BCUT2D eigenvalue weighted by atomic mass is 15.0. The molecule has 2 aromatic heterocycles. The third kappa shape index (κ3) is 1.83. The largest absolute Gasteiger partial charge is 0.314 e. The summed E-state index contributed by atoms with van der Waals surface area (Å²) in [6, 6.07) is 4.25. The van der Waals surface area contributed by atoms with Crippen molar-refractivity contribution in [2.45, 2.75) is 33.2 Å². The molecule has 86 valence electrons. The predicted molar refractivity (Wildman–Crippen MR) is 66.7 cm³/mol. The molecule has 3 heteroatoms. The van der Waals surface area contributed by atoms with Crippen molar-refractivity contribution in [3.8, 4) is 0 Å². The molecule has 2 aromatic rings. The Morgan fingerprint density at radius 1 is 1.38 bits per heavy atom. The van der Waals surface area contributed by atoms with Gasteiger partial charge in [-0.3, -0.25) is 4.40 Å². The first-order chi connectivity index (χ1) is 7.77. The normalized spacial score (nSPS) is 11.2. The number of nitrogens with zero attached hydrogens (tertiary/aromatic N) is 2. The molecule has 0 fully saturated rings. The summed E-state index contributed by atoms with van der Waals surface area (Å²) in [6.07, 6.45) is 4.23. The maximum Gasteiger partial charge on any atom is 0.137 e. The van der Waals surface area contributed by atoms with Crippen LogP contribution < -0.4 is 5.32 Å². The number of aryl methyl sites for hydroxylation is 2. The molecule has 0 aromatic carbocycles. The molecule has 0 radical (unpaired) electrons. The van der Waals surface area contributed by atoms with E-state index in [0.717, 1.165) is 25.0 Å². The fourth-order valence-electron chi connectivity index (χ4n) is 2.16. The number of hydrogen-bond acceptors (Lipinski definition) is 2. The Kier molecular flexibility index (Phi) is 3.25. The van der Waals surface area contributed by atoms with E-state index in [1.54, 1.807) is 0 Å². The van der Waals surface area contributed by atoms with Gasteiger partial charge in [0, 0.05) is 12.2 Å². The van der Waals surface area contributed by atoms with Crippen LogP contribution in [0.25, 0.3) is 5.65 Å². The second kappa shape index (κ2) is 4.66.